The minimum Gasteiger partial charge on any atom is -0.466 e. The number of nitrogens with zero attached hydrogens (tertiary/aromatic N) is 5. The molecule has 3 N–H and O–H groups in total. The number of para-hydroxylation sites is 1. The van der Waals surface area contributed by atoms with Gasteiger partial charge in [0.05, 0.1) is 42.5 Å². The number of ether oxygens (including phenoxy) is 3. The van der Waals surface area contributed by atoms with E-state index in [0.29, 0.717) is 63.9 Å². The molecule has 1 unspecified atom stereocenters. The fourth-order valence-corrected chi connectivity index (χ4v) is 9.80. The van der Waals surface area contributed by atoms with Gasteiger partial charge in [-0.25, -0.2) is 9.59 Å². The zero-order valence-electron chi connectivity index (χ0n) is 35.2. The number of nitrogen functional groups attached to an aromatic ring is 1. The Kier molecular flexibility index (Phi) is 15.4. The average molecular weight is 890 g/mol. The smallest absolute Gasteiger partial charge is 0.418 e. The Bertz CT molecular complexity index is 1880. The number of amides is 4. The first-order valence-electron chi connectivity index (χ1n) is 22.1. The third kappa shape index (κ3) is 11.8. The molecule has 0 radical (unpaired) electrons. The van der Waals surface area contributed by atoms with Crippen molar-refractivity contribution in [1.29, 1.82) is 0 Å². The van der Waals surface area contributed by atoms with Gasteiger partial charge in [-0.3, -0.25) is 14.5 Å². The van der Waals surface area contributed by atoms with Crippen LogP contribution in [0.1, 0.15) is 68.1 Å². The number of alkyl halides is 3. The van der Waals surface area contributed by atoms with Crippen LogP contribution < -0.4 is 11.1 Å². The van der Waals surface area contributed by atoms with Crippen LogP contribution in [0.3, 0.4) is 0 Å². The summed E-state index contributed by atoms with van der Waals surface area (Å²) in [6.07, 6.45) is -1.63. The summed E-state index contributed by atoms with van der Waals surface area (Å²) in [4.78, 5) is 62.8. The first-order chi connectivity index (χ1) is 29.8. The van der Waals surface area contributed by atoms with E-state index in [1.54, 1.807) is 9.80 Å². The molecule has 14 nitrogen and oxygen atoms in total. The second kappa shape index (κ2) is 20.9. The van der Waals surface area contributed by atoms with Gasteiger partial charge in [0.1, 0.15) is 0 Å². The summed E-state index contributed by atoms with van der Waals surface area (Å²) in [5.41, 5.74) is 5.81. The second-order valence-electron chi connectivity index (χ2n) is 17.2. The molecule has 0 bridgehead atoms. The molecule has 1 atom stereocenters. The number of halogens is 4. The first kappa shape index (κ1) is 45.7. The summed E-state index contributed by atoms with van der Waals surface area (Å²) >= 11 is 6.16. The van der Waals surface area contributed by atoms with Gasteiger partial charge in [-0.1, -0.05) is 29.8 Å². The van der Waals surface area contributed by atoms with Crippen LogP contribution in [0.2, 0.25) is 5.02 Å². The van der Waals surface area contributed by atoms with Gasteiger partial charge in [0.15, 0.2) is 6.10 Å². The summed E-state index contributed by atoms with van der Waals surface area (Å²) in [5, 5.41) is 2.63. The van der Waals surface area contributed by atoms with E-state index in [0.717, 1.165) is 95.4 Å². The van der Waals surface area contributed by atoms with Crippen LogP contribution in [0.4, 0.5) is 34.1 Å². The van der Waals surface area contributed by atoms with Crippen molar-refractivity contribution in [2.45, 2.75) is 82.7 Å². The Hall–Kier alpha value is -4.32. The highest BCUT2D eigenvalue weighted by Crippen LogP contribution is 2.39. The van der Waals surface area contributed by atoms with Crippen LogP contribution in [0, 0.1) is 11.8 Å². The number of morpholine rings is 1. The van der Waals surface area contributed by atoms with Crippen LogP contribution in [-0.4, -0.2) is 146 Å². The van der Waals surface area contributed by atoms with Crippen LogP contribution in [0.15, 0.2) is 36.4 Å². The molecule has 4 fully saturated rings. The number of carbonyl (C=O) groups excluding carboxylic acids is 4. The second-order valence-corrected chi connectivity index (χ2v) is 17.6. The largest absolute Gasteiger partial charge is 0.466 e. The van der Waals surface area contributed by atoms with Gasteiger partial charge in [0.25, 0.3) is 5.91 Å². The average Bonchev–Trinajstić information content (AvgIpc) is 3.28. The van der Waals surface area contributed by atoms with E-state index in [1.807, 2.05) is 24.3 Å². The lowest BCUT2D eigenvalue weighted by molar-refractivity contribution is -0.144. The number of urea groups is 1. The number of carbonyl (C=O) groups is 4. The van der Waals surface area contributed by atoms with E-state index >= 15 is 0 Å². The van der Waals surface area contributed by atoms with Crippen molar-refractivity contribution < 1.29 is 46.6 Å². The number of nitrogens with one attached hydrogen (secondary N) is 1. The first-order valence-corrected chi connectivity index (χ1v) is 22.4. The van der Waals surface area contributed by atoms with Gasteiger partial charge in [0, 0.05) is 77.1 Å². The molecule has 5 heterocycles. The van der Waals surface area contributed by atoms with Crippen molar-refractivity contribution in [3.63, 3.8) is 0 Å². The van der Waals surface area contributed by atoms with Crippen LogP contribution in [0.5, 0.6) is 0 Å². The molecule has 340 valence electrons. The summed E-state index contributed by atoms with van der Waals surface area (Å²) in [7, 11) is 0. The number of anilines is 2. The minimum atomic E-state index is -4.79. The quantitative estimate of drug-likeness (QED) is 0.137. The Balaban J connectivity index is 0.899. The van der Waals surface area contributed by atoms with E-state index < -0.39 is 35.5 Å². The minimum absolute atomic E-state index is 0.0662. The molecular weight excluding hydrogens is 831 g/mol. The molecule has 5 aliphatic rings. The number of rotatable bonds is 13. The predicted octanol–water partition coefficient (Wildman–Crippen LogP) is 6.11. The fraction of sp³-hybridized carbons (Fsp3) is 0.636. The van der Waals surface area contributed by atoms with Gasteiger partial charge in [-0.2, -0.15) is 13.2 Å². The van der Waals surface area contributed by atoms with Gasteiger partial charge < -0.3 is 44.9 Å². The van der Waals surface area contributed by atoms with Gasteiger partial charge in [0.2, 0.25) is 0 Å². The lowest BCUT2D eigenvalue weighted by atomic mass is 9.78. The summed E-state index contributed by atoms with van der Waals surface area (Å²) in [6, 6.07) is 9.41. The molecule has 0 saturated carbocycles. The Morgan fingerprint density at radius 3 is 2.21 bits per heavy atom. The van der Waals surface area contributed by atoms with Gasteiger partial charge in [-0.15, -0.1) is 0 Å². The SMILES string of the molecule is Nc1c(Cl)cc(CC(OC(=O)N2CCC(N3Cc4ccccc4NC3=O)CC2)C(=O)N2CCC(C3CCN(CCC(=O)OCCCN4CCOCC4)CC3)CC2)cc1C(F)(F)F. The number of piperidine rings is 3. The highest BCUT2D eigenvalue weighted by molar-refractivity contribution is 6.33. The molecule has 4 saturated heterocycles. The molecule has 0 aliphatic carbocycles. The van der Waals surface area contributed by atoms with Crippen LogP contribution in [-0.2, 0) is 42.9 Å². The molecule has 7 rings (SSSR count). The van der Waals surface area contributed by atoms with Crippen molar-refractivity contribution in [3.8, 4) is 0 Å². The van der Waals surface area contributed by atoms with Crippen molar-refractivity contribution >= 4 is 47.0 Å². The zero-order valence-corrected chi connectivity index (χ0v) is 36.0. The molecule has 18 heteroatoms. The molecule has 0 aromatic heterocycles. The number of esters is 1. The topological polar surface area (TPSA) is 150 Å². The van der Waals surface area contributed by atoms with E-state index in [-0.39, 0.29) is 48.1 Å². The lowest BCUT2D eigenvalue weighted by Gasteiger charge is -2.41. The Morgan fingerprint density at radius 2 is 1.52 bits per heavy atom. The Morgan fingerprint density at radius 1 is 0.871 bits per heavy atom. The number of nitrogens with two attached hydrogens (primary N) is 1. The fourth-order valence-electron chi connectivity index (χ4n) is 9.56. The van der Waals surface area contributed by atoms with Crippen molar-refractivity contribution in [2.75, 3.05) is 96.3 Å². The standard InChI is InChI=1S/C44H59ClF3N7O7/c45-36-27-30(26-35(40(36)49)44(46,47)48)28-38(62-43(59)54-19-10-34(11-20-54)55-29-33-4-1-2-5-37(33)50-42(55)58)41(57)53-17-8-32(9-18-53)31-6-14-52(15-7-31)16-12-39(56)61-23-3-13-51-21-24-60-25-22-51/h1-2,4-5,26-27,31-32,34,38H,3,6-25,28-29,49H2,(H,50,58). The number of likely N-dealkylation sites (tertiary alicyclic amines) is 3. The van der Waals surface area contributed by atoms with Crippen molar-refractivity contribution in [3.05, 3.63) is 58.1 Å². The third-order valence-corrected chi connectivity index (χ3v) is 13.5. The normalized spacial score (nSPS) is 20.7. The monoisotopic (exact) mass is 889 g/mol. The van der Waals surface area contributed by atoms with E-state index in [4.69, 9.17) is 31.5 Å². The summed E-state index contributed by atoms with van der Waals surface area (Å²) in [6.45, 7) is 8.92. The van der Waals surface area contributed by atoms with E-state index in [9.17, 15) is 32.3 Å². The van der Waals surface area contributed by atoms with Crippen molar-refractivity contribution in [1.82, 2.24) is 24.5 Å². The molecule has 4 amide bonds. The highest BCUT2D eigenvalue weighted by Gasteiger charge is 2.39. The van der Waals surface area contributed by atoms with Crippen LogP contribution >= 0.6 is 11.6 Å². The number of fused-ring (bicyclic) bond motifs is 1. The van der Waals surface area contributed by atoms with Crippen LogP contribution in [0.25, 0.3) is 0 Å². The summed E-state index contributed by atoms with van der Waals surface area (Å²) in [5.74, 6) is 0.214. The molecule has 2 aromatic rings. The molecule has 2 aromatic carbocycles. The molecule has 5 aliphatic heterocycles. The van der Waals surface area contributed by atoms with Crippen molar-refractivity contribution in [2.24, 2.45) is 11.8 Å². The third-order valence-electron chi connectivity index (χ3n) is 13.2. The molecule has 0 spiro atoms. The molecule has 62 heavy (non-hydrogen) atoms. The maximum atomic E-state index is 14.2. The maximum Gasteiger partial charge on any atom is 0.418 e. The van der Waals surface area contributed by atoms with E-state index in [2.05, 4.69) is 15.1 Å². The van der Waals surface area contributed by atoms with Gasteiger partial charge >= 0.3 is 24.3 Å². The number of hydrogen-bond donors (Lipinski definition) is 2. The van der Waals surface area contributed by atoms with E-state index in [1.165, 1.54) is 11.0 Å². The maximum absolute atomic E-state index is 14.2. The number of benzene rings is 2. The van der Waals surface area contributed by atoms with Gasteiger partial charge in [-0.05, 0) is 99.2 Å². The summed E-state index contributed by atoms with van der Waals surface area (Å²) < 4.78 is 58.6. The zero-order chi connectivity index (χ0) is 43.8. The highest BCUT2D eigenvalue weighted by atomic mass is 35.5. The lowest BCUT2D eigenvalue weighted by Crippen LogP contribution is -2.52. The molecular formula is C44H59ClF3N7O7. The predicted molar refractivity (Wildman–Crippen MR) is 226 cm³/mol. The Labute approximate surface area is 366 Å². The number of hydrogen-bond acceptors (Lipinski definition) is 10.